The summed E-state index contributed by atoms with van der Waals surface area (Å²) in [5.41, 5.74) is -0.00671. The number of hydrogen-bond donors (Lipinski definition) is 2. The van der Waals surface area contributed by atoms with Gasteiger partial charge in [0.15, 0.2) is 5.82 Å². The highest BCUT2D eigenvalue weighted by Gasteiger charge is 2.31. The fourth-order valence-corrected chi connectivity index (χ4v) is 2.37. The summed E-state index contributed by atoms with van der Waals surface area (Å²) in [5, 5.41) is 15.9. The SMILES string of the molecule is CC(C)(O)CNC(=O)c1cc(-c2ccc(OC(F)(F)F)cc2)nc(-c2cnoc2)n1. The minimum atomic E-state index is -4.80. The predicted molar refractivity (Wildman–Crippen MR) is 98.3 cm³/mol. The van der Waals surface area contributed by atoms with Crippen LogP contribution in [0.1, 0.15) is 24.3 Å². The lowest BCUT2D eigenvalue weighted by atomic mass is 10.1. The van der Waals surface area contributed by atoms with E-state index in [0.717, 1.165) is 12.1 Å². The van der Waals surface area contributed by atoms with Crippen LogP contribution in [-0.2, 0) is 0 Å². The third kappa shape index (κ3) is 5.77. The van der Waals surface area contributed by atoms with Gasteiger partial charge in [0, 0.05) is 12.1 Å². The fourth-order valence-electron chi connectivity index (χ4n) is 2.37. The number of ether oxygens (including phenoxy) is 1. The minimum absolute atomic E-state index is 0.00364. The number of carbonyl (C=O) groups is 1. The van der Waals surface area contributed by atoms with E-state index < -0.39 is 17.9 Å². The molecule has 1 aromatic carbocycles. The monoisotopic (exact) mass is 422 g/mol. The van der Waals surface area contributed by atoms with Crippen LogP contribution >= 0.6 is 0 Å². The second-order valence-corrected chi connectivity index (χ2v) is 6.94. The van der Waals surface area contributed by atoms with E-state index in [1.165, 1.54) is 44.5 Å². The van der Waals surface area contributed by atoms with E-state index in [9.17, 15) is 23.1 Å². The molecule has 0 atom stereocenters. The summed E-state index contributed by atoms with van der Waals surface area (Å²) in [5.74, 6) is -0.809. The van der Waals surface area contributed by atoms with Crippen LogP contribution in [0.5, 0.6) is 5.75 Å². The summed E-state index contributed by atoms with van der Waals surface area (Å²) >= 11 is 0. The molecule has 158 valence electrons. The largest absolute Gasteiger partial charge is 0.573 e. The van der Waals surface area contributed by atoms with Crippen LogP contribution in [0.15, 0.2) is 47.3 Å². The molecule has 3 rings (SSSR count). The van der Waals surface area contributed by atoms with Crippen molar-refractivity contribution >= 4 is 5.91 Å². The summed E-state index contributed by atoms with van der Waals surface area (Å²) in [6.45, 7) is 3.05. The van der Waals surface area contributed by atoms with Gasteiger partial charge in [-0.3, -0.25) is 4.79 Å². The Bertz CT molecular complexity index is 1010. The van der Waals surface area contributed by atoms with E-state index in [-0.39, 0.29) is 29.5 Å². The van der Waals surface area contributed by atoms with E-state index in [2.05, 4.69) is 25.2 Å². The Morgan fingerprint density at radius 1 is 1.17 bits per heavy atom. The van der Waals surface area contributed by atoms with Gasteiger partial charge in [0.25, 0.3) is 5.91 Å². The highest BCUT2D eigenvalue weighted by Crippen LogP contribution is 2.27. The molecule has 0 unspecified atom stereocenters. The first-order chi connectivity index (χ1) is 14.0. The summed E-state index contributed by atoms with van der Waals surface area (Å²) < 4.78 is 45.7. The summed E-state index contributed by atoms with van der Waals surface area (Å²) in [6, 6.07) is 6.41. The summed E-state index contributed by atoms with van der Waals surface area (Å²) in [4.78, 5) is 21.0. The van der Waals surface area contributed by atoms with Crippen LogP contribution in [0.3, 0.4) is 0 Å². The fraction of sp³-hybridized carbons (Fsp3) is 0.263. The van der Waals surface area contributed by atoms with Crippen LogP contribution in [0.2, 0.25) is 0 Å². The van der Waals surface area contributed by atoms with Crippen LogP contribution in [0.25, 0.3) is 22.6 Å². The van der Waals surface area contributed by atoms with Crippen LogP contribution in [0, 0.1) is 0 Å². The lowest BCUT2D eigenvalue weighted by Crippen LogP contribution is -2.38. The summed E-state index contributed by atoms with van der Waals surface area (Å²) in [6.07, 6.45) is -2.15. The standard InChI is InChI=1S/C19H17F3N4O4/c1-18(2,28)10-23-17(27)15-7-14(25-16(26-15)12-8-24-29-9-12)11-3-5-13(6-4-11)30-19(20,21)22/h3-9,28H,10H2,1-2H3,(H,23,27). The molecule has 2 aromatic heterocycles. The molecule has 0 saturated heterocycles. The predicted octanol–water partition coefficient (Wildman–Crippen LogP) is 3.20. The molecule has 0 spiro atoms. The maximum Gasteiger partial charge on any atom is 0.573 e. The van der Waals surface area contributed by atoms with Crippen molar-refractivity contribution in [3.8, 4) is 28.4 Å². The number of nitrogens with zero attached hydrogens (tertiary/aromatic N) is 3. The van der Waals surface area contributed by atoms with Gasteiger partial charge in [-0.2, -0.15) is 0 Å². The minimum Gasteiger partial charge on any atom is -0.406 e. The number of benzene rings is 1. The van der Waals surface area contributed by atoms with E-state index in [4.69, 9.17) is 4.52 Å². The van der Waals surface area contributed by atoms with Gasteiger partial charge >= 0.3 is 6.36 Å². The molecule has 30 heavy (non-hydrogen) atoms. The second-order valence-electron chi connectivity index (χ2n) is 6.94. The summed E-state index contributed by atoms with van der Waals surface area (Å²) in [7, 11) is 0. The average molecular weight is 422 g/mol. The van der Waals surface area contributed by atoms with Gasteiger partial charge in [0.05, 0.1) is 23.1 Å². The van der Waals surface area contributed by atoms with Gasteiger partial charge in [0.2, 0.25) is 0 Å². The van der Waals surface area contributed by atoms with Crippen LogP contribution in [-0.4, -0.2) is 44.6 Å². The van der Waals surface area contributed by atoms with Gasteiger partial charge in [-0.05, 0) is 44.2 Å². The number of aliphatic hydroxyl groups is 1. The lowest BCUT2D eigenvalue weighted by molar-refractivity contribution is -0.274. The van der Waals surface area contributed by atoms with Crippen LogP contribution in [0.4, 0.5) is 13.2 Å². The van der Waals surface area contributed by atoms with E-state index in [0.29, 0.717) is 11.1 Å². The first-order valence-corrected chi connectivity index (χ1v) is 8.66. The molecule has 3 aromatic rings. The number of rotatable bonds is 6. The number of halogens is 3. The van der Waals surface area contributed by atoms with E-state index in [1.807, 2.05) is 0 Å². The molecule has 8 nitrogen and oxygen atoms in total. The molecule has 2 N–H and O–H groups in total. The highest BCUT2D eigenvalue weighted by molar-refractivity contribution is 5.93. The van der Waals surface area contributed by atoms with Crippen molar-refractivity contribution in [2.45, 2.75) is 25.8 Å². The maximum absolute atomic E-state index is 12.5. The molecule has 0 radical (unpaired) electrons. The molecule has 0 aliphatic rings. The van der Waals surface area contributed by atoms with E-state index >= 15 is 0 Å². The Balaban J connectivity index is 1.95. The quantitative estimate of drug-likeness (QED) is 0.628. The van der Waals surface area contributed by atoms with Crippen molar-refractivity contribution in [1.29, 1.82) is 0 Å². The van der Waals surface area contributed by atoms with Crippen molar-refractivity contribution < 1.29 is 32.3 Å². The molecule has 0 saturated carbocycles. The van der Waals surface area contributed by atoms with Gasteiger partial charge < -0.3 is 19.7 Å². The Morgan fingerprint density at radius 2 is 1.87 bits per heavy atom. The molecule has 0 bridgehead atoms. The number of nitrogens with one attached hydrogen (secondary N) is 1. The van der Waals surface area contributed by atoms with Gasteiger partial charge in [-0.1, -0.05) is 5.16 Å². The van der Waals surface area contributed by atoms with Gasteiger partial charge in [-0.25, -0.2) is 9.97 Å². The van der Waals surface area contributed by atoms with Gasteiger partial charge in [-0.15, -0.1) is 13.2 Å². The Hall–Kier alpha value is -3.47. The van der Waals surface area contributed by atoms with Crippen molar-refractivity contribution in [2.24, 2.45) is 0 Å². The first kappa shape index (κ1) is 21.2. The van der Waals surface area contributed by atoms with E-state index in [1.54, 1.807) is 0 Å². The molecule has 0 aliphatic heterocycles. The zero-order chi connectivity index (χ0) is 21.9. The molecule has 1 amide bonds. The van der Waals surface area contributed by atoms with Crippen molar-refractivity contribution in [3.63, 3.8) is 0 Å². The molecular weight excluding hydrogens is 405 g/mol. The van der Waals surface area contributed by atoms with Crippen molar-refractivity contribution in [1.82, 2.24) is 20.4 Å². The lowest BCUT2D eigenvalue weighted by Gasteiger charge is -2.17. The third-order valence-electron chi connectivity index (χ3n) is 3.71. The number of amides is 1. The Morgan fingerprint density at radius 3 is 2.43 bits per heavy atom. The molecule has 0 aliphatic carbocycles. The van der Waals surface area contributed by atoms with Crippen LogP contribution < -0.4 is 10.1 Å². The second kappa shape index (κ2) is 8.11. The molecule has 2 heterocycles. The Kier molecular flexibility index (Phi) is 5.74. The zero-order valence-corrected chi connectivity index (χ0v) is 15.9. The zero-order valence-electron chi connectivity index (χ0n) is 15.9. The Labute approximate surface area is 168 Å². The number of carbonyl (C=O) groups excluding carboxylic acids is 1. The third-order valence-corrected chi connectivity index (χ3v) is 3.71. The average Bonchev–Trinajstić information content (AvgIpc) is 3.19. The smallest absolute Gasteiger partial charge is 0.406 e. The topological polar surface area (TPSA) is 110 Å². The molecular formula is C19H17F3N4O4. The number of hydrogen-bond acceptors (Lipinski definition) is 7. The molecule has 0 fully saturated rings. The number of alkyl halides is 3. The van der Waals surface area contributed by atoms with Gasteiger partial charge in [0.1, 0.15) is 17.7 Å². The molecule has 11 heteroatoms. The number of aromatic nitrogens is 3. The maximum atomic E-state index is 12.5. The van der Waals surface area contributed by atoms with Crippen molar-refractivity contribution in [2.75, 3.05) is 6.54 Å². The first-order valence-electron chi connectivity index (χ1n) is 8.66. The highest BCUT2D eigenvalue weighted by atomic mass is 19.4. The normalized spacial score (nSPS) is 11.9. The van der Waals surface area contributed by atoms with Crippen molar-refractivity contribution in [3.05, 3.63) is 48.5 Å².